The van der Waals surface area contributed by atoms with Gasteiger partial charge in [-0.3, -0.25) is 10.1 Å². The van der Waals surface area contributed by atoms with Crippen LogP contribution in [0.1, 0.15) is 12.8 Å². The molecule has 0 spiro atoms. The fourth-order valence-electron chi connectivity index (χ4n) is 1.72. The van der Waals surface area contributed by atoms with Gasteiger partial charge in [0.05, 0.1) is 4.92 Å². The number of hydrogen-bond donors (Lipinski definition) is 2. The minimum absolute atomic E-state index is 0.0419. The van der Waals surface area contributed by atoms with Gasteiger partial charge < -0.3 is 11.1 Å². The average molecular weight is 239 g/mol. The number of nitro groups is 1. The highest BCUT2D eigenvalue weighted by atomic mass is 19.1. The zero-order chi connectivity index (χ0) is 12.5. The predicted molar refractivity (Wildman–Crippen MR) is 62.3 cm³/mol. The van der Waals surface area contributed by atoms with Crippen LogP contribution in [0, 0.1) is 21.3 Å². The summed E-state index contributed by atoms with van der Waals surface area (Å²) in [4.78, 5) is 10.2. The van der Waals surface area contributed by atoms with E-state index in [0.29, 0.717) is 13.1 Å². The van der Waals surface area contributed by atoms with E-state index in [2.05, 4.69) is 5.32 Å². The first-order chi connectivity index (χ1) is 8.06. The summed E-state index contributed by atoms with van der Waals surface area (Å²) in [5.74, 6) is -0.490. The predicted octanol–water partition coefficient (Wildman–Crippen LogP) is 1.88. The second kappa shape index (κ2) is 4.29. The Bertz CT molecular complexity index is 446. The molecule has 3 N–H and O–H groups in total. The molecule has 0 aliphatic heterocycles. The van der Waals surface area contributed by atoms with Crippen molar-refractivity contribution < 1.29 is 9.31 Å². The molecule has 1 aromatic carbocycles. The monoisotopic (exact) mass is 239 g/mol. The van der Waals surface area contributed by atoms with E-state index in [1.54, 1.807) is 0 Å². The standard InChI is InChI=1S/C11H14FN3O2/c12-8-1-2-10(15(16)17)9(5-8)14-7-11(6-13)3-4-11/h1-2,5,14H,3-4,6-7,13H2. The van der Waals surface area contributed by atoms with E-state index in [1.165, 1.54) is 6.07 Å². The third kappa shape index (κ3) is 2.52. The molecule has 0 atom stereocenters. The fourth-order valence-corrected chi connectivity index (χ4v) is 1.72. The minimum Gasteiger partial charge on any atom is -0.379 e. The molecule has 0 radical (unpaired) electrons. The van der Waals surface area contributed by atoms with Crippen molar-refractivity contribution in [3.05, 3.63) is 34.1 Å². The summed E-state index contributed by atoms with van der Waals surface area (Å²) in [6.45, 7) is 1.09. The van der Waals surface area contributed by atoms with Crippen LogP contribution in [0.5, 0.6) is 0 Å². The van der Waals surface area contributed by atoms with E-state index in [9.17, 15) is 14.5 Å². The average Bonchev–Trinajstić information content (AvgIpc) is 3.07. The number of benzene rings is 1. The van der Waals surface area contributed by atoms with Gasteiger partial charge in [0, 0.05) is 18.7 Å². The Labute approximate surface area is 98.0 Å². The van der Waals surface area contributed by atoms with E-state index in [0.717, 1.165) is 25.0 Å². The smallest absolute Gasteiger partial charge is 0.292 e. The highest BCUT2D eigenvalue weighted by Gasteiger charge is 2.41. The lowest BCUT2D eigenvalue weighted by Crippen LogP contribution is -2.24. The molecule has 1 aliphatic carbocycles. The van der Waals surface area contributed by atoms with Crippen LogP contribution in [-0.4, -0.2) is 18.0 Å². The van der Waals surface area contributed by atoms with Crippen molar-refractivity contribution in [3.63, 3.8) is 0 Å². The van der Waals surface area contributed by atoms with Gasteiger partial charge in [0.15, 0.2) is 0 Å². The molecule has 0 amide bonds. The second-order valence-electron chi connectivity index (χ2n) is 4.48. The second-order valence-corrected chi connectivity index (χ2v) is 4.48. The number of rotatable bonds is 5. The largest absolute Gasteiger partial charge is 0.379 e. The topological polar surface area (TPSA) is 81.2 Å². The first kappa shape index (κ1) is 11.8. The van der Waals surface area contributed by atoms with E-state index in [1.807, 2.05) is 0 Å². The van der Waals surface area contributed by atoms with Gasteiger partial charge in [0.1, 0.15) is 11.5 Å². The molecule has 0 saturated heterocycles. The Morgan fingerprint density at radius 1 is 1.53 bits per heavy atom. The molecule has 0 unspecified atom stereocenters. The number of nitrogens with zero attached hydrogens (tertiary/aromatic N) is 1. The lowest BCUT2D eigenvalue weighted by molar-refractivity contribution is -0.384. The van der Waals surface area contributed by atoms with Crippen molar-refractivity contribution in [1.29, 1.82) is 0 Å². The van der Waals surface area contributed by atoms with Gasteiger partial charge >= 0.3 is 0 Å². The van der Waals surface area contributed by atoms with Gasteiger partial charge in [-0.25, -0.2) is 4.39 Å². The third-order valence-electron chi connectivity index (χ3n) is 3.20. The summed E-state index contributed by atoms with van der Waals surface area (Å²) >= 11 is 0. The zero-order valence-corrected chi connectivity index (χ0v) is 9.28. The SMILES string of the molecule is NCC1(CNc2cc(F)ccc2[N+](=O)[O-])CC1. The molecule has 17 heavy (non-hydrogen) atoms. The Hall–Kier alpha value is -1.69. The summed E-state index contributed by atoms with van der Waals surface area (Å²) in [5, 5.41) is 13.7. The Kier molecular flexibility index (Phi) is 2.97. The van der Waals surface area contributed by atoms with E-state index >= 15 is 0 Å². The van der Waals surface area contributed by atoms with Crippen molar-refractivity contribution in [1.82, 2.24) is 0 Å². The van der Waals surface area contributed by atoms with Crippen molar-refractivity contribution in [2.75, 3.05) is 18.4 Å². The summed E-state index contributed by atoms with van der Waals surface area (Å²) in [6, 6.07) is 3.39. The van der Waals surface area contributed by atoms with E-state index in [4.69, 9.17) is 5.73 Å². The molecule has 1 saturated carbocycles. The molecule has 0 heterocycles. The Morgan fingerprint density at radius 3 is 2.76 bits per heavy atom. The summed E-state index contributed by atoms with van der Waals surface area (Å²) < 4.78 is 13.0. The molecule has 0 aromatic heterocycles. The van der Waals surface area contributed by atoms with Crippen molar-refractivity contribution in [2.45, 2.75) is 12.8 Å². The number of nitrogens with two attached hydrogens (primary N) is 1. The quantitative estimate of drug-likeness (QED) is 0.607. The van der Waals surface area contributed by atoms with E-state index < -0.39 is 10.7 Å². The van der Waals surface area contributed by atoms with Crippen LogP contribution in [-0.2, 0) is 0 Å². The van der Waals surface area contributed by atoms with Crippen LogP contribution in [0.3, 0.4) is 0 Å². The molecule has 6 heteroatoms. The molecule has 1 aliphatic rings. The maximum atomic E-state index is 13.0. The van der Waals surface area contributed by atoms with Crippen LogP contribution < -0.4 is 11.1 Å². The normalized spacial score (nSPS) is 16.6. The third-order valence-corrected chi connectivity index (χ3v) is 3.20. The molecule has 92 valence electrons. The van der Waals surface area contributed by atoms with Crippen LogP contribution in [0.4, 0.5) is 15.8 Å². The highest BCUT2D eigenvalue weighted by molar-refractivity contribution is 5.61. The molecule has 0 bridgehead atoms. The first-order valence-corrected chi connectivity index (χ1v) is 5.44. The van der Waals surface area contributed by atoms with Gasteiger partial charge in [-0.05, 0) is 30.9 Å². The number of nitrogens with one attached hydrogen (secondary N) is 1. The summed E-state index contributed by atoms with van der Waals surface area (Å²) in [5.41, 5.74) is 5.76. The first-order valence-electron chi connectivity index (χ1n) is 5.44. The number of halogens is 1. The van der Waals surface area contributed by atoms with Gasteiger partial charge in [-0.2, -0.15) is 0 Å². The van der Waals surface area contributed by atoms with Crippen LogP contribution >= 0.6 is 0 Å². The maximum Gasteiger partial charge on any atom is 0.292 e. The Balaban J connectivity index is 2.13. The summed E-state index contributed by atoms with van der Waals surface area (Å²) in [7, 11) is 0. The van der Waals surface area contributed by atoms with Crippen molar-refractivity contribution >= 4 is 11.4 Å². The molecule has 1 aromatic rings. The maximum absolute atomic E-state index is 13.0. The molecule has 5 nitrogen and oxygen atoms in total. The molecular formula is C11H14FN3O2. The van der Waals surface area contributed by atoms with Gasteiger partial charge in [0.2, 0.25) is 0 Å². The lowest BCUT2D eigenvalue weighted by atomic mass is 10.1. The number of nitro benzene ring substituents is 1. The van der Waals surface area contributed by atoms with Crippen LogP contribution in [0.15, 0.2) is 18.2 Å². The van der Waals surface area contributed by atoms with Gasteiger partial charge in [0.25, 0.3) is 5.69 Å². The lowest BCUT2D eigenvalue weighted by Gasteiger charge is -2.14. The minimum atomic E-state index is -0.524. The van der Waals surface area contributed by atoms with Crippen LogP contribution in [0.2, 0.25) is 0 Å². The van der Waals surface area contributed by atoms with Crippen molar-refractivity contribution in [3.8, 4) is 0 Å². The molecule has 2 rings (SSSR count). The summed E-state index contributed by atoms with van der Waals surface area (Å²) in [6.07, 6.45) is 2.03. The Morgan fingerprint density at radius 2 is 2.24 bits per heavy atom. The van der Waals surface area contributed by atoms with E-state index in [-0.39, 0.29) is 16.8 Å². The number of anilines is 1. The van der Waals surface area contributed by atoms with Crippen LogP contribution in [0.25, 0.3) is 0 Å². The van der Waals surface area contributed by atoms with Gasteiger partial charge in [-0.15, -0.1) is 0 Å². The van der Waals surface area contributed by atoms with Gasteiger partial charge in [-0.1, -0.05) is 0 Å². The van der Waals surface area contributed by atoms with Crippen molar-refractivity contribution in [2.24, 2.45) is 11.1 Å². The molecule has 1 fully saturated rings. The number of hydrogen-bond acceptors (Lipinski definition) is 4. The highest BCUT2D eigenvalue weighted by Crippen LogP contribution is 2.44. The zero-order valence-electron chi connectivity index (χ0n) is 9.28. The fraction of sp³-hybridized carbons (Fsp3) is 0.455. The molecular weight excluding hydrogens is 225 g/mol.